The topological polar surface area (TPSA) is 356 Å². The molecule has 0 aliphatic rings. The zero-order valence-electron chi connectivity index (χ0n) is 30.1. The second-order valence-corrected chi connectivity index (χ2v) is 13.0. The highest BCUT2D eigenvalue weighted by molar-refractivity contribution is 5.96. The highest BCUT2D eigenvalue weighted by atomic mass is 16.4. The lowest BCUT2D eigenvalue weighted by atomic mass is 10.0. The monoisotopic (exact) mass is 746 g/mol. The Morgan fingerprint density at radius 2 is 0.942 bits per heavy atom. The molecule has 0 rings (SSSR count). The number of carbonyl (C=O) groups is 8. The third-order valence-corrected chi connectivity index (χ3v) is 7.83. The van der Waals surface area contributed by atoms with Gasteiger partial charge in [0.15, 0.2) is 0 Å². The van der Waals surface area contributed by atoms with Crippen molar-refractivity contribution in [2.45, 2.75) is 134 Å². The molecule has 0 saturated heterocycles. The van der Waals surface area contributed by atoms with Crippen LogP contribution in [0.5, 0.6) is 0 Å². The number of carbonyl (C=O) groups excluding carboxylic acids is 5. The summed E-state index contributed by atoms with van der Waals surface area (Å²) in [5, 5.41) is 50.1. The first kappa shape index (κ1) is 47.6. The first-order chi connectivity index (χ1) is 24.3. The first-order valence-corrected chi connectivity index (χ1v) is 17.4. The van der Waals surface area contributed by atoms with Crippen LogP contribution in [0, 0.1) is 5.92 Å². The number of amides is 5. The molecule has 0 aromatic carbocycles. The van der Waals surface area contributed by atoms with E-state index < -0.39 is 115 Å². The molecular weight excluding hydrogens is 688 g/mol. The molecular formula is C32H58N8O12. The molecule has 0 aromatic heterocycles. The summed E-state index contributed by atoms with van der Waals surface area (Å²) < 4.78 is 0. The fraction of sp³-hybridized carbons (Fsp3) is 0.750. The van der Waals surface area contributed by atoms with E-state index in [-0.39, 0.29) is 18.8 Å². The number of unbranched alkanes of at least 4 members (excludes halogenated alkanes) is 2. The molecule has 0 saturated carbocycles. The summed E-state index contributed by atoms with van der Waals surface area (Å²) in [5.74, 6) is -8.94. The number of rotatable bonds is 28. The maximum Gasteiger partial charge on any atom is 0.326 e. The van der Waals surface area contributed by atoms with Gasteiger partial charge in [-0.3, -0.25) is 33.6 Å². The Labute approximate surface area is 302 Å². The fourth-order valence-electron chi connectivity index (χ4n) is 4.91. The van der Waals surface area contributed by atoms with E-state index in [1.165, 1.54) is 0 Å². The molecule has 0 fully saturated rings. The standard InChI is InChI=1S/C32H58N8O12/c1-17(2)16-23(32(51)52)39-29(48)21(10-12-24(42)43)38-31(50)26(18(3)41)40-30(49)22(11-13-25(44)45)37-28(47)20(9-5-7-15-34)36-27(46)19(35)8-4-6-14-33/h17-23,26,41H,4-16,33-35H2,1-3H3,(H,36,46)(H,37,47)(H,38,50)(H,39,48)(H,40,49)(H,42,43)(H,44,45)(H,51,52)/t18-,19+,20+,21+,22+,23+,26+/m1/s1. The van der Waals surface area contributed by atoms with Gasteiger partial charge >= 0.3 is 17.9 Å². The molecule has 20 nitrogen and oxygen atoms in total. The Hall–Kier alpha value is -4.40. The van der Waals surface area contributed by atoms with Crippen LogP contribution >= 0.6 is 0 Å². The van der Waals surface area contributed by atoms with Crippen molar-refractivity contribution in [3.8, 4) is 0 Å². The van der Waals surface area contributed by atoms with Crippen LogP contribution in [0.25, 0.3) is 0 Å². The van der Waals surface area contributed by atoms with Gasteiger partial charge in [-0.25, -0.2) is 4.79 Å². The molecule has 0 aliphatic carbocycles. The largest absolute Gasteiger partial charge is 0.481 e. The molecule has 0 heterocycles. The minimum Gasteiger partial charge on any atom is -0.481 e. The van der Waals surface area contributed by atoms with Crippen molar-refractivity contribution in [1.82, 2.24) is 26.6 Å². The first-order valence-electron chi connectivity index (χ1n) is 17.4. The van der Waals surface area contributed by atoms with Gasteiger partial charge in [0.1, 0.15) is 30.2 Å². The van der Waals surface area contributed by atoms with E-state index in [1.807, 2.05) is 0 Å². The fourth-order valence-corrected chi connectivity index (χ4v) is 4.91. The van der Waals surface area contributed by atoms with Crippen molar-refractivity contribution in [3.63, 3.8) is 0 Å². The quantitative estimate of drug-likeness (QED) is 0.0361. The number of aliphatic carboxylic acids is 3. The van der Waals surface area contributed by atoms with E-state index >= 15 is 0 Å². The minimum absolute atomic E-state index is 0.0234. The zero-order valence-corrected chi connectivity index (χ0v) is 30.1. The summed E-state index contributed by atoms with van der Waals surface area (Å²) in [7, 11) is 0. The number of hydrogen-bond acceptors (Lipinski definition) is 12. The van der Waals surface area contributed by atoms with E-state index in [1.54, 1.807) is 13.8 Å². The second-order valence-electron chi connectivity index (χ2n) is 13.0. The van der Waals surface area contributed by atoms with Gasteiger partial charge in [-0.1, -0.05) is 20.3 Å². The Balaban J connectivity index is 6.16. The maximum atomic E-state index is 13.5. The highest BCUT2D eigenvalue weighted by Crippen LogP contribution is 2.10. The predicted octanol–water partition coefficient (Wildman–Crippen LogP) is -2.76. The molecule has 20 heteroatoms. The van der Waals surface area contributed by atoms with E-state index in [2.05, 4.69) is 26.6 Å². The third kappa shape index (κ3) is 19.8. The van der Waals surface area contributed by atoms with Crippen LogP contribution in [0.4, 0.5) is 0 Å². The van der Waals surface area contributed by atoms with Gasteiger partial charge in [0.05, 0.1) is 12.1 Å². The molecule has 15 N–H and O–H groups in total. The van der Waals surface area contributed by atoms with Gasteiger partial charge in [-0.05, 0) is 77.3 Å². The Morgan fingerprint density at radius 3 is 1.37 bits per heavy atom. The number of aliphatic hydroxyl groups excluding tert-OH is 1. The smallest absolute Gasteiger partial charge is 0.326 e. The lowest BCUT2D eigenvalue weighted by Crippen LogP contribution is -2.61. The predicted molar refractivity (Wildman–Crippen MR) is 186 cm³/mol. The average Bonchev–Trinajstić information content (AvgIpc) is 3.05. The molecule has 0 bridgehead atoms. The van der Waals surface area contributed by atoms with Crippen LogP contribution in [-0.2, 0) is 38.4 Å². The van der Waals surface area contributed by atoms with Crippen molar-refractivity contribution in [2.75, 3.05) is 13.1 Å². The van der Waals surface area contributed by atoms with Crippen molar-refractivity contribution in [1.29, 1.82) is 0 Å². The lowest BCUT2D eigenvalue weighted by Gasteiger charge is -2.28. The van der Waals surface area contributed by atoms with E-state index in [0.29, 0.717) is 45.2 Å². The Kier molecular flexibility index (Phi) is 23.4. The number of carboxylic acids is 3. The highest BCUT2D eigenvalue weighted by Gasteiger charge is 2.35. The van der Waals surface area contributed by atoms with Gasteiger partial charge in [-0.2, -0.15) is 0 Å². The van der Waals surface area contributed by atoms with Crippen molar-refractivity contribution in [2.24, 2.45) is 23.1 Å². The number of aliphatic hydroxyl groups is 1. The molecule has 0 aromatic rings. The van der Waals surface area contributed by atoms with Crippen LogP contribution < -0.4 is 43.8 Å². The normalized spacial score (nSPS) is 15.2. The summed E-state index contributed by atoms with van der Waals surface area (Å²) in [5.41, 5.74) is 17.0. The Morgan fingerprint density at radius 1 is 0.538 bits per heavy atom. The van der Waals surface area contributed by atoms with Crippen LogP contribution in [0.15, 0.2) is 0 Å². The van der Waals surface area contributed by atoms with Crippen molar-refractivity contribution < 1.29 is 58.8 Å². The number of carboxylic acid groups (broad SMARTS) is 3. The summed E-state index contributed by atoms with van der Waals surface area (Å²) in [6.07, 6.45) is -1.31. The van der Waals surface area contributed by atoms with Gasteiger partial charge in [-0.15, -0.1) is 0 Å². The van der Waals surface area contributed by atoms with Crippen LogP contribution in [-0.4, -0.2) is 123 Å². The molecule has 7 atom stereocenters. The molecule has 0 spiro atoms. The van der Waals surface area contributed by atoms with Gasteiger partial charge in [0.2, 0.25) is 29.5 Å². The minimum atomic E-state index is -1.81. The summed E-state index contributed by atoms with van der Waals surface area (Å²) >= 11 is 0. The SMILES string of the molecule is CC(C)C[C@H](NC(=O)[C@H](CCC(=O)O)NC(=O)[C@@H](NC(=O)[C@H](CCC(=O)O)NC(=O)[C@H](CCCCN)NC(=O)[C@@H](N)CCCCN)[C@@H](C)O)C(=O)O. The lowest BCUT2D eigenvalue weighted by molar-refractivity contribution is -0.143. The zero-order chi connectivity index (χ0) is 40.0. The van der Waals surface area contributed by atoms with E-state index in [4.69, 9.17) is 17.2 Å². The molecule has 0 radical (unpaired) electrons. The van der Waals surface area contributed by atoms with Crippen molar-refractivity contribution in [3.05, 3.63) is 0 Å². The molecule has 298 valence electrons. The molecule has 52 heavy (non-hydrogen) atoms. The number of nitrogens with one attached hydrogen (secondary N) is 5. The Bertz CT molecular complexity index is 1200. The summed E-state index contributed by atoms with van der Waals surface area (Å²) in [6.45, 7) is 5.25. The van der Waals surface area contributed by atoms with E-state index in [9.17, 15) is 58.8 Å². The molecule has 0 unspecified atom stereocenters. The van der Waals surface area contributed by atoms with Crippen LogP contribution in [0.3, 0.4) is 0 Å². The van der Waals surface area contributed by atoms with Gasteiger partial charge in [0.25, 0.3) is 0 Å². The average molecular weight is 747 g/mol. The number of nitrogens with two attached hydrogens (primary N) is 3. The molecule has 5 amide bonds. The van der Waals surface area contributed by atoms with Gasteiger partial charge < -0.3 is 64.2 Å². The van der Waals surface area contributed by atoms with Crippen LogP contribution in [0.2, 0.25) is 0 Å². The summed E-state index contributed by atoms with van der Waals surface area (Å²) in [4.78, 5) is 100. The van der Waals surface area contributed by atoms with E-state index in [0.717, 1.165) is 6.92 Å². The number of hydrogen-bond donors (Lipinski definition) is 12. The summed E-state index contributed by atoms with van der Waals surface area (Å²) in [6, 6.07) is -8.53. The van der Waals surface area contributed by atoms with Crippen LogP contribution in [0.1, 0.15) is 91.4 Å². The van der Waals surface area contributed by atoms with Gasteiger partial charge in [0, 0.05) is 12.8 Å². The third-order valence-electron chi connectivity index (χ3n) is 7.83. The second kappa shape index (κ2) is 25.5. The maximum absolute atomic E-state index is 13.5. The molecule has 0 aliphatic heterocycles. The van der Waals surface area contributed by atoms with Crippen molar-refractivity contribution >= 4 is 47.4 Å².